The van der Waals surface area contributed by atoms with Crippen molar-refractivity contribution in [2.24, 2.45) is 11.8 Å². The summed E-state index contributed by atoms with van der Waals surface area (Å²) in [6.07, 6.45) is 3.97. The number of carboxylic acid groups (broad SMARTS) is 1. The van der Waals surface area contributed by atoms with E-state index in [0.717, 1.165) is 30.4 Å². The lowest BCUT2D eigenvalue weighted by Crippen LogP contribution is -2.57. The molecular weight excluding hydrogens is 474 g/mol. The molecule has 3 amide bonds. The average Bonchev–Trinajstić information content (AvgIpc) is 3.35. The number of benzene rings is 1. The summed E-state index contributed by atoms with van der Waals surface area (Å²) in [6.45, 7) is 6.65. The van der Waals surface area contributed by atoms with Crippen LogP contribution >= 0.6 is 0 Å². The molecule has 1 aromatic rings. The molecule has 37 heavy (non-hydrogen) atoms. The van der Waals surface area contributed by atoms with Gasteiger partial charge in [0.15, 0.2) is 0 Å². The van der Waals surface area contributed by atoms with Gasteiger partial charge in [-0.1, -0.05) is 24.3 Å². The van der Waals surface area contributed by atoms with Gasteiger partial charge in [-0.2, -0.15) is 0 Å². The highest BCUT2D eigenvalue weighted by atomic mass is 16.6. The van der Waals surface area contributed by atoms with Crippen LogP contribution in [0.3, 0.4) is 0 Å². The van der Waals surface area contributed by atoms with Gasteiger partial charge in [0.05, 0.1) is 12.5 Å². The number of rotatable bonds is 5. The molecule has 9 heteroatoms. The van der Waals surface area contributed by atoms with E-state index in [1.165, 1.54) is 4.90 Å². The Morgan fingerprint density at radius 3 is 2.30 bits per heavy atom. The van der Waals surface area contributed by atoms with Crippen molar-refractivity contribution in [3.63, 3.8) is 0 Å². The van der Waals surface area contributed by atoms with E-state index >= 15 is 0 Å². The van der Waals surface area contributed by atoms with E-state index < -0.39 is 29.7 Å². The van der Waals surface area contributed by atoms with Gasteiger partial charge < -0.3 is 20.1 Å². The van der Waals surface area contributed by atoms with Crippen LogP contribution < -0.4 is 5.32 Å². The van der Waals surface area contributed by atoms with E-state index in [1.54, 1.807) is 25.7 Å². The van der Waals surface area contributed by atoms with E-state index in [1.807, 2.05) is 24.3 Å². The summed E-state index contributed by atoms with van der Waals surface area (Å²) in [5, 5.41) is 12.2. The summed E-state index contributed by atoms with van der Waals surface area (Å²) in [6, 6.07) is 6.49. The molecule has 0 radical (unpaired) electrons. The van der Waals surface area contributed by atoms with Crippen molar-refractivity contribution in [1.82, 2.24) is 15.1 Å². The van der Waals surface area contributed by atoms with Gasteiger partial charge in [-0.15, -0.1) is 0 Å². The van der Waals surface area contributed by atoms with Crippen molar-refractivity contribution >= 4 is 23.9 Å². The number of likely N-dealkylation sites (tertiary alicyclic amines) is 1. The zero-order valence-corrected chi connectivity index (χ0v) is 22.1. The Kier molecular flexibility index (Phi) is 8.09. The van der Waals surface area contributed by atoms with Gasteiger partial charge >= 0.3 is 12.1 Å². The zero-order valence-electron chi connectivity index (χ0n) is 22.1. The van der Waals surface area contributed by atoms with Crippen LogP contribution in [0, 0.1) is 11.8 Å². The number of nitrogens with zero attached hydrogens (tertiary/aromatic N) is 2. The number of nitrogens with one attached hydrogen (secondary N) is 1. The predicted octanol–water partition coefficient (Wildman–Crippen LogP) is 3.35. The van der Waals surface area contributed by atoms with Crippen LogP contribution in [0.25, 0.3) is 0 Å². The van der Waals surface area contributed by atoms with Crippen molar-refractivity contribution < 1.29 is 29.0 Å². The van der Waals surface area contributed by atoms with Crippen molar-refractivity contribution in [2.45, 2.75) is 89.9 Å². The summed E-state index contributed by atoms with van der Waals surface area (Å²) < 4.78 is 5.64. The molecule has 0 spiro atoms. The fourth-order valence-corrected chi connectivity index (χ4v) is 5.73. The van der Waals surface area contributed by atoms with Gasteiger partial charge in [0.1, 0.15) is 17.7 Å². The normalized spacial score (nSPS) is 25.8. The lowest BCUT2D eigenvalue weighted by molar-refractivity contribution is -0.143. The molecule has 9 nitrogen and oxygen atoms in total. The zero-order chi connectivity index (χ0) is 26.7. The van der Waals surface area contributed by atoms with Gasteiger partial charge in [-0.05, 0) is 76.3 Å². The standard InChI is InChI=1S/C28H39N3O6/c1-28(2,3)37-27(36)31-17-21-8-5-4-7-20(21)15-23(31)25(33)30-14-6-9-22(30)24(32)29-16-18-10-12-19(13-11-18)26(34)35/h4-5,7-8,18-19,22-23H,6,9-17H2,1-3H3,(H,29,32)(H,34,35)/t18?,19?,22-,23-/m0/s1. The molecule has 202 valence electrons. The Labute approximate surface area is 218 Å². The molecule has 1 aliphatic carbocycles. The lowest BCUT2D eigenvalue weighted by Gasteiger charge is -2.39. The van der Waals surface area contributed by atoms with Gasteiger partial charge in [0.25, 0.3) is 0 Å². The Morgan fingerprint density at radius 2 is 1.65 bits per heavy atom. The monoisotopic (exact) mass is 513 g/mol. The number of carbonyl (C=O) groups is 4. The molecule has 0 aromatic heterocycles. The Morgan fingerprint density at radius 1 is 0.973 bits per heavy atom. The van der Waals surface area contributed by atoms with Crippen LogP contribution in [0.15, 0.2) is 24.3 Å². The first-order valence-electron chi connectivity index (χ1n) is 13.4. The highest BCUT2D eigenvalue weighted by Gasteiger charge is 2.43. The topological polar surface area (TPSA) is 116 Å². The second-order valence-corrected chi connectivity index (χ2v) is 11.6. The van der Waals surface area contributed by atoms with Gasteiger partial charge in [0.2, 0.25) is 11.8 Å². The summed E-state index contributed by atoms with van der Waals surface area (Å²) in [5.41, 5.74) is 1.32. The molecule has 1 saturated carbocycles. The van der Waals surface area contributed by atoms with E-state index in [0.29, 0.717) is 38.8 Å². The highest BCUT2D eigenvalue weighted by molar-refractivity contribution is 5.92. The Hall–Kier alpha value is -3.10. The number of carbonyl (C=O) groups excluding carboxylic acids is 3. The average molecular weight is 514 g/mol. The highest BCUT2D eigenvalue weighted by Crippen LogP contribution is 2.30. The molecule has 2 N–H and O–H groups in total. The molecule has 2 aliphatic heterocycles. The van der Waals surface area contributed by atoms with E-state index in [4.69, 9.17) is 4.74 Å². The summed E-state index contributed by atoms with van der Waals surface area (Å²) in [5.74, 6) is -1.18. The minimum atomic E-state index is -0.742. The van der Waals surface area contributed by atoms with Crippen LogP contribution in [0.2, 0.25) is 0 Å². The third-order valence-corrected chi connectivity index (χ3v) is 7.76. The van der Waals surface area contributed by atoms with Crippen molar-refractivity contribution in [3.05, 3.63) is 35.4 Å². The quantitative estimate of drug-likeness (QED) is 0.624. The van der Waals surface area contributed by atoms with Crippen LogP contribution in [0.4, 0.5) is 4.79 Å². The first kappa shape index (κ1) is 26.9. The minimum absolute atomic E-state index is 0.175. The van der Waals surface area contributed by atoms with Crippen molar-refractivity contribution in [2.75, 3.05) is 13.1 Å². The Balaban J connectivity index is 1.43. The summed E-state index contributed by atoms with van der Waals surface area (Å²) >= 11 is 0. The third-order valence-electron chi connectivity index (χ3n) is 7.76. The van der Waals surface area contributed by atoms with Crippen molar-refractivity contribution in [3.8, 4) is 0 Å². The van der Waals surface area contributed by atoms with Crippen LogP contribution in [0.5, 0.6) is 0 Å². The van der Waals surface area contributed by atoms with E-state index in [2.05, 4.69) is 5.32 Å². The summed E-state index contributed by atoms with van der Waals surface area (Å²) in [7, 11) is 0. The van der Waals surface area contributed by atoms with Crippen LogP contribution in [-0.2, 0) is 32.1 Å². The molecule has 3 aliphatic rings. The molecule has 1 aromatic carbocycles. The first-order chi connectivity index (χ1) is 17.5. The molecule has 2 atom stereocenters. The second kappa shape index (κ2) is 11.1. The lowest BCUT2D eigenvalue weighted by atomic mass is 9.82. The number of carboxylic acids is 1. The SMILES string of the molecule is CC(C)(C)OC(=O)N1Cc2ccccc2C[C@H]1C(=O)N1CCC[C@H]1C(=O)NCC1CCC(C(=O)O)CC1. The van der Waals surface area contributed by atoms with Crippen LogP contribution in [0.1, 0.15) is 70.4 Å². The molecule has 1 saturated heterocycles. The second-order valence-electron chi connectivity index (χ2n) is 11.6. The van der Waals surface area contributed by atoms with Crippen LogP contribution in [-0.4, -0.2) is 69.6 Å². The molecule has 2 heterocycles. The number of hydrogen-bond donors (Lipinski definition) is 2. The molecule has 0 bridgehead atoms. The van der Waals surface area contributed by atoms with Gasteiger partial charge in [-0.3, -0.25) is 19.3 Å². The maximum Gasteiger partial charge on any atom is 0.411 e. The number of aliphatic carboxylic acids is 1. The van der Waals surface area contributed by atoms with Gasteiger partial charge in [-0.25, -0.2) is 4.79 Å². The number of fused-ring (bicyclic) bond motifs is 1. The molecular formula is C28H39N3O6. The molecule has 0 unspecified atom stereocenters. The van der Waals surface area contributed by atoms with Gasteiger partial charge in [0, 0.05) is 19.5 Å². The number of amides is 3. The fraction of sp³-hybridized carbons (Fsp3) is 0.643. The maximum atomic E-state index is 13.9. The van der Waals surface area contributed by atoms with E-state index in [9.17, 15) is 24.3 Å². The first-order valence-corrected chi connectivity index (χ1v) is 13.4. The largest absolute Gasteiger partial charge is 0.481 e. The summed E-state index contributed by atoms with van der Waals surface area (Å²) in [4.78, 5) is 54.5. The predicted molar refractivity (Wildman–Crippen MR) is 137 cm³/mol. The number of hydrogen-bond acceptors (Lipinski definition) is 5. The molecule has 2 fully saturated rings. The minimum Gasteiger partial charge on any atom is -0.481 e. The fourth-order valence-electron chi connectivity index (χ4n) is 5.73. The van der Waals surface area contributed by atoms with E-state index in [-0.39, 0.29) is 30.2 Å². The Bertz CT molecular complexity index is 1030. The smallest absolute Gasteiger partial charge is 0.411 e. The molecule has 4 rings (SSSR count). The maximum absolute atomic E-state index is 13.9. The van der Waals surface area contributed by atoms with Crippen molar-refractivity contribution in [1.29, 1.82) is 0 Å². The third kappa shape index (κ3) is 6.43. The number of ether oxygens (including phenoxy) is 1.